The number of nitrogens with two attached hydrogens (primary N) is 2. The van der Waals surface area contributed by atoms with Crippen LogP contribution in [0.3, 0.4) is 0 Å². The van der Waals surface area contributed by atoms with Crippen molar-refractivity contribution in [3.05, 3.63) is 0 Å². The van der Waals surface area contributed by atoms with Gasteiger partial charge in [0, 0.05) is 138 Å². The molecule has 0 aromatic carbocycles. The van der Waals surface area contributed by atoms with Gasteiger partial charge in [-0.25, -0.2) is 0 Å². The van der Waals surface area contributed by atoms with Crippen LogP contribution in [0.4, 0.5) is 0 Å². The second-order valence-electron chi connectivity index (χ2n) is 26.5. The van der Waals surface area contributed by atoms with Gasteiger partial charge in [-0.1, -0.05) is 140 Å². The highest BCUT2D eigenvalue weighted by Crippen LogP contribution is 2.40. The molecule has 0 radical (unpaired) electrons. The number of carbonyl (C=O) groups excluding carboxylic acids is 8. The molecule has 5 amide bonds. The van der Waals surface area contributed by atoms with E-state index in [0.29, 0.717) is 83.7 Å². The zero-order valence-corrected chi connectivity index (χ0v) is 52.8. The maximum absolute atomic E-state index is 15.4. The van der Waals surface area contributed by atoms with E-state index < -0.39 is 45.8 Å². The summed E-state index contributed by atoms with van der Waals surface area (Å²) in [7, 11) is 0. The number of carbonyl (C=O) groups is 8. The molecule has 4 unspecified atom stereocenters. The fourth-order valence-electron chi connectivity index (χ4n) is 12.3. The van der Waals surface area contributed by atoms with Crippen LogP contribution in [0.25, 0.3) is 0 Å². The van der Waals surface area contributed by atoms with Gasteiger partial charge in [0.25, 0.3) is 0 Å². The van der Waals surface area contributed by atoms with Gasteiger partial charge in [0.05, 0.1) is 0 Å². The largest absolute Gasteiger partial charge is 0.356 e. The molecule has 4 atom stereocenters. The van der Waals surface area contributed by atoms with Gasteiger partial charge in [-0.05, 0) is 81.5 Å². The number of hydrogen-bond acceptors (Lipinski definition) is 12. The summed E-state index contributed by atoms with van der Waals surface area (Å²) >= 11 is 0. The first-order valence-electron chi connectivity index (χ1n) is 32.3. The van der Waals surface area contributed by atoms with E-state index in [1.807, 2.05) is 13.8 Å². The molecule has 2 aliphatic carbocycles. The third kappa shape index (κ3) is 29.0. The van der Waals surface area contributed by atoms with Crippen LogP contribution >= 0.6 is 0 Å². The summed E-state index contributed by atoms with van der Waals surface area (Å²) in [6.07, 6.45) is 18.0. The first kappa shape index (κ1) is 73.3. The molecule has 2 aliphatic rings. The van der Waals surface area contributed by atoms with E-state index in [4.69, 9.17) is 11.5 Å². The first-order valence-corrected chi connectivity index (χ1v) is 32.3. The van der Waals surface area contributed by atoms with Gasteiger partial charge < -0.3 is 48.7 Å². The minimum Gasteiger partial charge on any atom is -0.356 e. The molecule has 0 heterocycles. The second kappa shape index (κ2) is 39.7. The third-order valence-electron chi connectivity index (χ3n) is 17.9. The quantitative estimate of drug-likeness (QED) is 0.0264. The molecule has 81 heavy (non-hydrogen) atoms. The average Bonchev–Trinajstić information content (AvgIpc) is 3.50. The third-order valence-corrected chi connectivity index (χ3v) is 17.9. The van der Waals surface area contributed by atoms with Crippen molar-refractivity contribution in [1.29, 1.82) is 0 Å². The normalized spacial score (nSPS) is 19.4. The van der Waals surface area contributed by atoms with Crippen LogP contribution in [0.15, 0.2) is 0 Å². The number of amides is 5. The number of hydrogen-bond donors (Lipinski definition) is 9. The summed E-state index contributed by atoms with van der Waals surface area (Å²) in [6.45, 7) is 24.0. The maximum atomic E-state index is 15.4. The van der Waals surface area contributed by atoms with Crippen LogP contribution in [0.1, 0.15) is 223 Å². The van der Waals surface area contributed by atoms with Crippen molar-refractivity contribution in [1.82, 2.24) is 37.2 Å². The van der Waals surface area contributed by atoms with Crippen LogP contribution in [-0.2, 0) is 38.4 Å². The Kier molecular flexibility index (Phi) is 35.9. The van der Waals surface area contributed by atoms with E-state index in [1.165, 1.54) is 51.4 Å². The number of Topliss-reactive ketones (excluding diaryl/α,β-unsaturated/α-hetero) is 3. The Hall–Kier alpha value is -3.80. The predicted octanol–water partition coefficient (Wildman–Crippen LogP) is 7.85. The summed E-state index contributed by atoms with van der Waals surface area (Å²) in [6, 6.07) is 0. The van der Waals surface area contributed by atoms with Gasteiger partial charge in [-0.2, -0.15) is 0 Å². The van der Waals surface area contributed by atoms with Crippen LogP contribution < -0.4 is 48.7 Å². The highest BCUT2D eigenvalue weighted by Gasteiger charge is 2.44. The van der Waals surface area contributed by atoms with Gasteiger partial charge in [-0.15, -0.1) is 0 Å². The summed E-state index contributed by atoms with van der Waals surface area (Å²) in [5, 5.41) is 21.4. The topological polar surface area (TPSA) is 273 Å². The zero-order chi connectivity index (χ0) is 60.4. The second-order valence-corrected chi connectivity index (χ2v) is 26.5. The average molecular weight is 1140 g/mol. The summed E-state index contributed by atoms with van der Waals surface area (Å²) in [5.41, 5.74) is 7.76. The predicted molar refractivity (Wildman–Crippen MR) is 327 cm³/mol. The lowest BCUT2D eigenvalue weighted by atomic mass is 9.67. The van der Waals surface area contributed by atoms with E-state index in [2.05, 4.69) is 51.1 Å². The molecule has 468 valence electrons. The molecular formula is C64H119N9O8. The van der Waals surface area contributed by atoms with Crippen LogP contribution in [0, 0.1) is 63.6 Å². The van der Waals surface area contributed by atoms with E-state index in [0.717, 1.165) is 63.2 Å². The van der Waals surface area contributed by atoms with E-state index >= 15 is 4.79 Å². The molecule has 11 N–H and O–H groups in total. The number of ketones is 3. The van der Waals surface area contributed by atoms with Crippen LogP contribution in [0.5, 0.6) is 0 Å². The summed E-state index contributed by atoms with van der Waals surface area (Å²) in [4.78, 5) is 114. The molecule has 0 aromatic rings. The molecule has 2 rings (SSSR count). The molecule has 2 saturated carbocycles. The molecule has 17 nitrogen and oxygen atoms in total. The zero-order valence-electron chi connectivity index (χ0n) is 52.8. The first-order chi connectivity index (χ1) is 38.5. The fraction of sp³-hybridized carbons (Fsp3) is 0.875. The van der Waals surface area contributed by atoms with Gasteiger partial charge in [-0.3, -0.25) is 38.4 Å². The molecule has 0 aliphatic heterocycles. The monoisotopic (exact) mass is 1140 g/mol. The Balaban J connectivity index is 2.44. The number of rotatable bonds is 45. The SMILES string of the molecule is CCCCNC(=O)C(CC(=O)NCCNCCN)CC(C)(C)C(=O)CC(CC(C)(C)C(=O)C(CC(=O)NCC1CCC(CCCC)CC1)CC(C)(C)C(=O)CC(CC)C(=O)NCC1CCC(CCCC)CC1)C(=O)NCCNCCN. The Morgan fingerprint density at radius 3 is 1.27 bits per heavy atom. The van der Waals surface area contributed by atoms with Crippen LogP contribution in [-0.4, -0.2) is 119 Å². The molecule has 0 bridgehead atoms. The lowest BCUT2D eigenvalue weighted by Crippen LogP contribution is -2.44. The van der Waals surface area contributed by atoms with E-state index in [-0.39, 0.29) is 92.5 Å². The lowest BCUT2D eigenvalue weighted by molar-refractivity contribution is -0.141. The van der Waals surface area contributed by atoms with Gasteiger partial charge in [0.1, 0.15) is 17.3 Å². The Morgan fingerprint density at radius 1 is 0.407 bits per heavy atom. The van der Waals surface area contributed by atoms with Crippen molar-refractivity contribution in [3.8, 4) is 0 Å². The molecule has 2 fully saturated rings. The number of unbranched alkanes of at least 4 members (excludes halogenated alkanes) is 3. The lowest BCUT2D eigenvalue weighted by Gasteiger charge is -2.36. The standard InChI is InChI=1S/C64H119N9O8/c1-11-15-18-46-20-24-48(25-21-46)44-72-57(77)39-51(41-62(5,6)54(74)37-50(14-4)59(79)73-45-49-26-22-47(23-27-49)19-16-12-2)58(78)64(9,10)43-52(60(80)71-36-34-68-32-29-66)38-55(75)63(7,8)42-53(61(81)70-30-17-13-3)40-56(76)69-35-33-67-31-28-65/h46-53,67-68H,11-45,65-66H2,1-10H3,(H,69,76)(H,70,81)(H,71,80)(H,72,77)(H,73,79). The van der Waals surface area contributed by atoms with E-state index in [9.17, 15) is 33.6 Å². The maximum Gasteiger partial charge on any atom is 0.223 e. The van der Waals surface area contributed by atoms with Gasteiger partial charge >= 0.3 is 0 Å². The Bertz CT molecular complexity index is 1880. The van der Waals surface area contributed by atoms with Gasteiger partial charge in [0.15, 0.2) is 0 Å². The summed E-state index contributed by atoms with van der Waals surface area (Å²) < 4.78 is 0. The number of nitrogens with one attached hydrogen (secondary N) is 7. The van der Waals surface area contributed by atoms with E-state index in [1.54, 1.807) is 41.5 Å². The van der Waals surface area contributed by atoms with Crippen molar-refractivity contribution in [2.45, 2.75) is 223 Å². The highest BCUT2D eigenvalue weighted by atomic mass is 16.2. The Labute approximate surface area is 491 Å². The van der Waals surface area contributed by atoms with Crippen molar-refractivity contribution in [2.24, 2.45) is 75.1 Å². The molecule has 0 saturated heterocycles. The minimum absolute atomic E-state index is 0.00937. The van der Waals surface area contributed by atoms with Crippen LogP contribution in [0.2, 0.25) is 0 Å². The van der Waals surface area contributed by atoms with Crippen molar-refractivity contribution >= 4 is 46.9 Å². The van der Waals surface area contributed by atoms with Crippen molar-refractivity contribution in [2.75, 3.05) is 72.0 Å². The molecule has 0 spiro atoms. The minimum atomic E-state index is -1.26. The smallest absolute Gasteiger partial charge is 0.223 e. The van der Waals surface area contributed by atoms with Crippen molar-refractivity contribution < 1.29 is 38.4 Å². The fourth-order valence-corrected chi connectivity index (χ4v) is 12.3. The molecule has 17 heteroatoms. The Morgan fingerprint density at radius 2 is 0.790 bits per heavy atom. The van der Waals surface area contributed by atoms with Gasteiger partial charge in [0.2, 0.25) is 29.5 Å². The molecular weight excluding hydrogens is 1020 g/mol. The highest BCUT2D eigenvalue weighted by molar-refractivity contribution is 5.95. The molecule has 0 aromatic heterocycles. The van der Waals surface area contributed by atoms with Crippen molar-refractivity contribution in [3.63, 3.8) is 0 Å². The summed E-state index contributed by atoms with van der Waals surface area (Å²) in [5.74, 6) is -3.20.